The molecule has 0 aliphatic carbocycles. The van der Waals surface area contributed by atoms with Crippen LogP contribution >= 0.6 is 0 Å². The molecule has 0 saturated carbocycles. The van der Waals surface area contributed by atoms with E-state index in [1.807, 2.05) is 24.3 Å². The Balaban J connectivity index is 1.57. The first-order valence-corrected chi connectivity index (χ1v) is 11.2. The highest BCUT2D eigenvalue weighted by Gasteiger charge is 2.33. The smallest absolute Gasteiger partial charge is 0.133 e. The summed E-state index contributed by atoms with van der Waals surface area (Å²) >= 11 is 0. The van der Waals surface area contributed by atoms with E-state index in [2.05, 4.69) is 9.80 Å². The third-order valence-electron chi connectivity index (χ3n) is 7.21. The largest absolute Gasteiger partial charge is 0.507 e. The highest BCUT2D eigenvalue weighted by atomic mass is 16.5. The van der Waals surface area contributed by atoms with Crippen molar-refractivity contribution in [3.63, 3.8) is 0 Å². The quantitative estimate of drug-likeness (QED) is 0.469. The zero-order valence-corrected chi connectivity index (χ0v) is 17.6. The molecule has 7 aliphatic heterocycles. The van der Waals surface area contributed by atoms with Gasteiger partial charge in [0.1, 0.15) is 23.8 Å². The summed E-state index contributed by atoms with van der Waals surface area (Å²) < 4.78 is 11.1. The van der Waals surface area contributed by atoms with Gasteiger partial charge in [0.2, 0.25) is 0 Å². The van der Waals surface area contributed by atoms with Crippen molar-refractivity contribution < 1.29 is 19.7 Å². The zero-order chi connectivity index (χ0) is 21.4. The summed E-state index contributed by atoms with van der Waals surface area (Å²) in [5.41, 5.74) is 1.99. The first-order chi connectivity index (χ1) is 15.7. The molecule has 2 atom stereocenters. The Morgan fingerprint density at radius 1 is 0.719 bits per heavy atom. The van der Waals surface area contributed by atoms with Crippen molar-refractivity contribution in [1.29, 1.82) is 0 Å². The second-order valence-corrected chi connectivity index (χ2v) is 8.89. The Labute approximate surface area is 184 Å². The maximum absolute atomic E-state index is 11.3. The second kappa shape index (κ2) is 6.86. The lowest BCUT2D eigenvalue weighted by atomic mass is 9.95. The first-order valence-electron chi connectivity index (χ1n) is 11.2. The summed E-state index contributed by atoms with van der Waals surface area (Å²) in [5, 5.41) is 26.6. The molecular formula is C24H24N4O4. The number of morpholine rings is 2. The van der Waals surface area contributed by atoms with Crippen LogP contribution in [-0.4, -0.2) is 72.6 Å². The van der Waals surface area contributed by atoms with Crippen LogP contribution in [0.1, 0.15) is 23.5 Å². The number of phenolic OH excluding ortho intramolecular Hbond substituents is 2. The number of phenols is 2. The van der Waals surface area contributed by atoms with Crippen LogP contribution in [0.5, 0.6) is 11.5 Å². The van der Waals surface area contributed by atoms with Crippen molar-refractivity contribution in [2.24, 2.45) is 9.98 Å². The van der Waals surface area contributed by atoms with Gasteiger partial charge in [-0.25, -0.2) is 0 Å². The van der Waals surface area contributed by atoms with Crippen molar-refractivity contribution >= 4 is 21.5 Å². The van der Waals surface area contributed by atoms with Gasteiger partial charge in [-0.05, 0) is 17.7 Å². The molecule has 2 fully saturated rings. The molecule has 2 N–H and O–H groups in total. The van der Waals surface area contributed by atoms with Gasteiger partial charge < -0.3 is 19.7 Å². The number of ether oxygens (including phenoxy) is 2. The van der Waals surface area contributed by atoms with E-state index in [4.69, 9.17) is 19.5 Å². The Kier molecular flexibility index (Phi) is 4.02. The summed E-state index contributed by atoms with van der Waals surface area (Å²) in [5.74, 6) is 0.359. The summed E-state index contributed by atoms with van der Waals surface area (Å²) in [6, 6.07) is 7.85. The van der Waals surface area contributed by atoms with Gasteiger partial charge in [0, 0.05) is 47.9 Å². The van der Waals surface area contributed by atoms with Crippen molar-refractivity contribution in [2.75, 3.05) is 52.6 Å². The summed E-state index contributed by atoms with van der Waals surface area (Å²) in [6.45, 7) is 5.85. The second-order valence-electron chi connectivity index (χ2n) is 8.89. The third kappa shape index (κ3) is 2.52. The van der Waals surface area contributed by atoms with Crippen LogP contribution in [0.15, 0.2) is 34.3 Å². The van der Waals surface area contributed by atoms with Gasteiger partial charge in [-0.3, -0.25) is 19.8 Å². The molecular weight excluding hydrogens is 408 g/mol. The number of aromatic hydroxyl groups is 2. The monoisotopic (exact) mass is 432 g/mol. The van der Waals surface area contributed by atoms with Crippen LogP contribution in [-0.2, 0) is 9.47 Å². The lowest BCUT2D eigenvalue weighted by molar-refractivity contribution is 0.0163. The van der Waals surface area contributed by atoms with Crippen LogP contribution in [0.25, 0.3) is 21.5 Å². The van der Waals surface area contributed by atoms with Gasteiger partial charge in [-0.2, -0.15) is 0 Å². The maximum atomic E-state index is 11.3. The van der Waals surface area contributed by atoms with E-state index >= 15 is 0 Å². The van der Waals surface area contributed by atoms with Gasteiger partial charge in [0.05, 0.1) is 42.5 Å². The molecule has 0 amide bonds. The van der Waals surface area contributed by atoms with Gasteiger partial charge in [-0.15, -0.1) is 0 Å². The SMILES string of the molecule is Oc1c2cc3ccc2c(O)c2c4c(c(cc12)C(N1CCOCC1)N=4)=NC3N1CCOCC1. The van der Waals surface area contributed by atoms with Crippen LogP contribution in [0.2, 0.25) is 0 Å². The van der Waals surface area contributed by atoms with E-state index in [9.17, 15) is 10.2 Å². The maximum Gasteiger partial charge on any atom is 0.133 e. The van der Waals surface area contributed by atoms with Crippen LogP contribution in [0, 0.1) is 0 Å². The van der Waals surface area contributed by atoms with E-state index in [0.29, 0.717) is 53.3 Å². The number of rotatable bonds is 2. The molecule has 164 valence electrons. The molecule has 2 saturated heterocycles. The fourth-order valence-electron chi connectivity index (χ4n) is 5.57. The molecule has 32 heavy (non-hydrogen) atoms. The normalized spacial score (nSPS) is 25.4. The number of fused-ring (bicyclic) bond motifs is 1. The molecule has 0 aromatic heterocycles. The lowest BCUT2D eigenvalue weighted by Gasteiger charge is -2.33. The molecule has 2 unspecified atom stereocenters. The average molecular weight is 432 g/mol. The Bertz CT molecular complexity index is 1390. The third-order valence-corrected chi connectivity index (χ3v) is 7.21. The zero-order valence-electron chi connectivity index (χ0n) is 17.6. The van der Waals surface area contributed by atoms with Crippen LogP contribution in [0.3, 0.4) is 0 Å². The van der Waals surface area contributed by atoms with Gasteiger partial charge in [0.15, 0.2) is 0 Å². The van der Waals surface area contributed by atoms with E-state index < -0.39 is 0 Å². The average Bonchev–Trinajstić information content (AvgIpc) is 3.08. The minimum absolute atomic E-state index is 0.161. The van der Waals surface area contributed by atoms with Crippen LogP contribution < -0.4 is 10.7 Å². The van der Waals surface area contributed by atoms with Crippen molar-refractivity contribution in [1.82, 2.24) is 9.80 Å². The minimum Gasteiger partial charge on any atom is -0.507 e. The number of nitrogens with zero attached hydrogens (tertiary/aromatic N) is 4. The number of benzene rings is 3. The fourth-order valence-corrected chi connectivity index (χ4v) is 5.57. The Morgan fingerprint density at radius 3 is 2.09 bits per heavy atom. The standard InChI is InChI=1S/C24H24N4O4/c29-21-15-11-13-1-2-14(15)22(30)18-16(21)12-17-19(25-23(13)27-3-7-31-8-4-27)20(18)26-24(17)28-5-9-32-10-6-28/h1-2,11-12,23-24,29-30H,3-10H2. The molecule has 0 radical (unpaired) electrons. The summed E-state index contributed by atoms with van der Waals surface area (Å²) in [6.07, 6.45) is -0.385. The predicted octanol–water partition coefficient (Wildman–Crippen LogP) is 1.33. The molecule has 7 aliphatic rings. The van der Waals surface area contributed by atoms with Crippen molar-refractivity contribution in [3.05, 3.63) is 46.1 Å². The van der Waals surface area contributed by atoms with E-state index in [1.54, 1.807) is 0 Å². The molecule has 10 rings (SSSR count). The Morgan fingerprint density at radius 2 is 1.38 bits per heavy atom. The molecule has 3 aromatic rings. The lowest BCUT2D eigenvalue weighted by Crippen LogP contribution is -2.41. The number of hydrogen-bond donors (Lipinski definition) is 2. The molecule has 8 heteroatoms. The topological polar surface area (TPSA) is 90.1 Å². The summed E-state index contributed by atoms with van der Waals surface area (Å²) in [4.78, 5) is 15.0. The fraction of sp³-hybridized carbons (Fsp3) is 0.417. The highest BCUT2D eigenvalue weighted by molar-refractivity contribution is 6.11. The van der Waals surface area contributed by atoms with Gasteiger partial charge in [-0.1, -0.05) is 12.1 Å². The van der Waals surface area contributed by atoms with E-state index in [-0.39, 0.29) is 23.8 Å². The minimum atomic E-state index is -0.201. The molecule has 7 heterocycles. The molecule has 8 bridgehead atoms. The Hall–Kier alpha value is -2.78. The predicted molar refractivity (Wildman–Crippen MR) is 117 cm³/mol. The molecule has 0 spiro atoms. The van der Waals surface area contributed by atoms with Crippen molar-refractivity contribution in [2.45, 2.75) is 12.3 Å². The van der Waals surface area contributed by atoms with E-state index in [1.165, 1.54) is 0 Å². The van der Waals surface area contributed by atoms with Crippen molar-refractivity contribution in [3.8, 4) is 11.5 Å². The highest BCUT2D eigenvalue weighted by Crippen LogP contribution is 2.43. The number of hydrogen-bond acceptors (Lipinski definition) is 8. The van der Waals surface area contributed by atoms with Gasteiger partial charge >= 0.3 is 0 Å². The molecule has 8 nitrogen and oxygen atoms in total. The van der Waals surface area contributed by atoms with Crippen LogP contribution in [0.4, 0.5) is 0 Å². The molecule has 3 aromatic carbocycles. The van der Waals surface area contributed by atoms with E-state index in [0.717, 1.165) is 42.7 Å². The van der Waals surface area contributed by atoms with Gasteiger partial charge in [0.25, 0.3) is 0 Å². The first kappa shape index (κ1) is 18.8. The summed E-state index contributed by atoms with van der Waals surface area (Å²) in [7, 11) is 0.